The minimum Gasteiger partial charge on any atom is -0.496 e. The van der Waals surface area contributed by atoms with Gasteiger partial charge in [-0.25, -0.2) is 0 Å². The van der Waals surface area contributed by atoms with E-state index in [0.29, 0.717) is 24.7 Å². The summed E-state index contributed by atoms with van der Waals surface area (Å²) in [5.41, 5.74) is 3.97. The van der Waals surface area contributed by atoms with Crippen molar-refractivity contribution < 1.29 is 23.1 Å². The molecule has 0 atom stereocenters. The maximum atomic E-state index is 13.1. The molecule has 2 aromatic carbocycles. The van der Waals surface area contributed by atoms with Gasteiger partial charge in [0, 0.05) is 29.9 Å². The van der Waals surface area contributed by atoms with Crippen LogP contribution in [0.3, 0.4) is 0 Å². The first-order valence-electron chi connectivity index (χ1n) is 13.1. The van der Waals surface area contributed by atoms with Crippen molar-refractivity contribution >= 4 is 25.4 Å². The number of rotatable bonds is 17. The van der Waals surface area contributed by atoms with Crippen molar-refractivity contribution in [2.24, 2.45) is 0 Å². The zero-order valence-electron chi connectivity index (χ0n) is 22.9. The lowest BCUT2D eigenvalue weighted by Gasteiger charge is -2.24. The van der Waals surface area contributed by atoms with Crippen LogP contribution in [-0.2, 0) is 19.8 Å². The minimum absolute atomic E-state index is 0.117. The molecule has 0 amide bonds. The minimum atomic E-state index is -3.28. The molecule has 0 spiro atoms. The van der Waals surface area contributed by atoms with E-state index in [1.807, 2.05) is 18.2 Å². The Morgan fingerprint density at radius 3 is 1.89 bits per heavy atom. The van der Waals surface area contributed by atoms with E-state index in [2.05, 4.69) is 49.1 Å². The summed E-state index contributed by atoms with van der Waals surface area (Å²) in [5.74, 6) is 1.29. The first-order valence-corrected chi connectivity index (χ1v) is 14.8. The van der Waals surface area contributed by atoms with Crippen molar-refractivity contribution in [1.82, 2.24) is 0 Å². The molecule has 2 rings (SSSR count). The summed E-state index contributed by atoms with van der Waals surface area (Å²) in [5, 5.41) is 0. The Balaban J connectivity index is 2.26. The molecule has 0 N–H and O–H groups in total. The van der Waals surface area contributed by atoms with Gasteiger partial charge >= 0.3 is 7.60 Å². The molecule has 0 radical (unpaired) electrons. The number of unbranched alkanes of at least 4 members (excludes halogenated alkanes) is 2. The van der Waals surface area contributed by atoms with E-state index in [1.54, 1.807) is 28.1 Å². The van der Waals surface area contributed by atoms with Crippen LogP contribution in [0.4, 0.5) is 5.69 Å². The van der Waals surface area contributed by atoms with E-state index in [1.165, 1.54) is 31.4 Å². The number of benzene rings is 2. The van der Waals surface area contributed by atoms with Gasteiger partial charge in [-0.15, -0.1) is 0 Å². The zero-order chi connectivity index (χ0) is 26.4. The molecule has 7 heteroatoms. The molecule has 6 nitrogen and oxygen atoms in total. The third-order valence-electron chi connectivity index (χ3n) is 5.93. The molecule has 0 aliphatic rings. The number of hydrogen-bond acceptors (Lipinski definition) is 6. The highest BCUT2D eigenvalue weighted by molar-refractivity contribution is 7.53. The van der Waals surface area contributed by atoms with Crippen LogP contribution < -0.4 is 14.4 Å². The van der Waals surface area contributed by atoms with Crippen LogP contribution in [0.15, 0.2) is 36.4 Å². The molecule has 0 saturated carbocycles. The number of nitrogens with zero attached hydrogens (tertiary/aromatic N) is 1. The van der Waals surface area contributed by atoms with Crippen LogP contribution in [0.2, 0.25) is 0 Å². The summed E-state index contributed by atoms with van der Waals surface area (Å²) in [7, 11) is -0.0429. The highest BCUT2D eigenvalue weighted by atomic mass is 31.2. The smallest absolute Gasteiger partial charge is 0.335 e. The highest BCUT2D eigenvalue weighted by Crippen LogP contribution is 2.53. The Bertz CT molecular complexity index is 972. The normalized spacial score (nSPS) is 11.7. The fourth-order valence-corrected chi connectivity index (χ4v) is 5.73. The van der Waals surface area contributed by atoms with Gasteiger partial charge in [0.1, 0.15) is 11.5 Å². The second-order valence-electron chi connectivity index (χ2n) is 8.63. The van der Waals surface area contributed by atoms with E-state index < -0.39 is 7.60 Å². The topological polar surface area (TPSA) is 57.2 Å². The van der Waals surface area contributed by atoms with Crippen LogP contribution in [0, 0.1) is 0 Å². The van der Waals surface area contributed by atoms with Crippen molar-refractivity contribution in [1.29, 1.82) is 0 Å². The molecule has 0 aliphatic carbocycles. The second kappa shape index (κ2) is 15.8. The monoisotopic (exact) mass is 517 g/mol. The van der Waals surface area contributed by atoms with Crippen molar-refractivity contribution in [2.45, 2.75) is 59.5 Å². The molecular formula is C29H44NO5P. The van der Waals surface area contributed by atoms with Gasteiger partial charge in [-0.05, 0) is 56.5 Å². The van der Waals surface area contributed by atoms with Gasteiger partial charge < -0.3 is 23.4 Å². The SMILES string of the molecule is CCCCN(CCCC)c1ccc(/C=C/c2cc(OC)c(CP(=O)(OCC)OCC)cc2OC)cc1. The zero-order valence-corrected chi connectivity index (χ0v) is 23.8. The lowest BCUT2D eigenvalue weighted by molar-refractivity contribution is 0.219. The lowest BCUT2D eigenvalue weighted by atomic mass is 10.1. The average molecular weight is 518 g/mol. The van der Waals surface area contributed by atoms with Gasteiger partial charge in [0.2, 0.25) is 0 Å². The Kier molecular flexibility index (Phi) is 13.1. The van der Waals surface area contributed by atoms with E-state index in [0.717, 1.165) is 29.8 Å². The Morgan fingerprint density at radius 2 is 1.39 bits per heavy atom. The van der Waals surface area contributed by atoms with Gasteiger partial charge in [-0.1, -0.05) is 51.0 Å². The summed E-state index contributed by atoms with van der Waals surface area (Å²) < 4.78 is 35.3. The summed E-state index contributed by atoms with van der Waals surface area (Å²) >= 11 is 0. The van der Waals surface area contributed by atoms with Gasteiger partial charge in [0.05, 0.1) is 33.6 Å². The number of anilines is 1. The molecule has 36 heavy (non-hydrogen) atoms. The number of hydrogen-bond donors (Lipinski definition) is 0. The first kappa shape index (κ1) is 30.0. The molecule has 2 aromatic rings. The van der Waals surface area contributed by atoms with Crippen LogP contribution in [0.5, 0.6) is 11.5 Å². The Morgan fingerprint density at radius 1 is 0.806 bits per heavy atom. The summed E-state index contributed by atoms with van der Waals surface area (Å²) in [6.45, 7) is 10.9. The summed E-state index contributed by atoms with van der Waals surface area (Å²) in [4.78, 5) is 2.48. The van der Waals surface area contributed by atoms with Gasteiger partial charge in [-0.2, -0.15) is 0 Å². The van der Waals surface area contributed by atoms with E-state index in [4.69, 9.17) is 18.5 Å². The molecule has 200 valence electrons. The molecular weight excluding hydrogens is 473 g/mol. The van der Waals surface area contributed by atoms with Crippen LogP contribution in [0.1, 0.15) is 70.1 Å². The maximum Gasteiger partial charge on any atom is 0.335 e. The van der Waals surface area contributed by atoms with Gasteiger partial charge in [0.25, 0.3) is 0 Å². The van der Waals surface area contributed by atoms with Crippen molar-refractivity contribution in [2.75, 3.05) is 45.4 Å². The largest absolute Gasteiger partial charge is 0.496 e. The van der Waals surface area contributed by atoms with Crippen molar-refractivity contribution in [3.8, 4) is 11.5 Å². The third-order valence-corrected chi connectivity index (χ3v) is 7.96. The summed E-state index contributed by atoms with van der Waals surface area (Å²) in [6, 6.07) is 12.4. The van der Waals surface area contributed by atoms with E-state index in [9.17, 15) is 4.57 Å². The van der Waals surface area contributed by atoms with Crippen LogP contribution in [0.25, 0.3) is 12.2 Å². The predicted octanol–water partition coefficient (Wildman–Crippen LogP) is 8.05. The molecule has 0 unspecified atom stereocenters. The third kappa shape index (κ3) is 8.99. The Hall–Kier alpha value is -2.27. The average Bonchev–Trinajstić information content (AvgIpc) is 2.88. The molecule has 0 aliphatic heterocycles. The van der Waals surface area contributed by atoms with Gasteiger partial charge in [0.15, 0.2) is 0 Å². The highest BCUT2D eigenvalue weighted by Gasteiger charge is 2.26. The number of ether oxygens (including phenoxy) is 2. The quantitative estimate of drug-likeness (QED) is 0.156. The fraction of sp³-hybridized carbons (Fsp3) is 0.517. The lowest BCUT2D eigenvalue weighted by Crippen LogP contribution is -2.25. The van der Waals surface area contributed by atoms with Crippen molar-refractivity contribution in [3.05, 3.63) is 53.1 Å². The van der Waals surface area contributed by atoms with Crippen LogP contribution >= 0.6 is 7.60 Å². The van der Waals surface area contributed by atoms with E-state index >= 15 is 0 Å². The van der Waals surface area contributed by atoms with Gasteiger partial charge in [-0.3, -0.25) is 4.57 Å². The van der Waals surface area contributed by atoms with Crippen LogP contribution in [-0.4, -0.2) is 40.5 Å². The first-order chi connectivity index (χ1) is 17.4. The fourth-order valence-electron chi connectivity index (χ4n) is 4.02. The number of methoxy groups -OCH3 is 2. The second-order valence-corrected chi connectivity index (χ2v) is 10.7. The molecule has 0 aromatic heterocycles. The van der Waals surface area contributed by atoms with Crippen molar-refractivity contribution in [3.63, 3.8) is 0 Å². The molecule has 0 fully saturated rings. The summed E-state index contributed by atoms with van der Waals surface area (Å²) in [6.07, 6.45) is 8.99. The molecule has 0 bridgehead atoms. The molecule has 0 saturated heterocycles. The van der Waals surface area contributed by atoms with E-state index in [-0.39, 0.29) is 6.16 Å². The Labute approximate surface area is 218 Å². The standard InChI is InChI=1S/C29H44NO5P/c1-7-11-19-30(20-12-8-2)27-17-14-24(15-18-27)13-16-25-21-29(33-6)26(22-28(25)32-5)23-36(31,34-9-3)35-10-4/h13-18,21-22H,7-12,19-20,23H2,1-6H3/b16-13+. The molecule has 0 heterocycles. The maximum absolute atomic E-state index is 13.1. The predicted molar refractivity (Wildman–Crippen MR) is 152 cm³/mol.